The molecule has 0 aliphatic heterocycles. The van der Waals surface area contributed by atoms with Gasteiger partial charge in [0.15, 0.2) is 22.9 Å². The van der Waals surface area contributed by atoms with Crippen LogP contribution in [0.5, 0.6) is 0 Å². The van der Waals surface area contributed by atoms with Crippen LogP contribution in [0.3, 0.4) is 0 Å². The van der Waals surface area contributed by atoms with Crippen molar-refractivity contribution < 1.29 is 18.0 Å². The highest BCUT2D eigenvalue weighted by Gasteiger charge is 2.35. The van der Waals surface area contributed by atoms with Gasteiger partial charge in [-0.15, -0.1) is 0 Å². The van der Waals surface area contributed by atoms with Crippen molar-refractivity contribution >= 4 is 40.6 Å². The average molecular weight is 531 g/mol. The van der Waals surface area contributed by atoms with E-state index in [1.165, 1.54) is 6.07 Å². The number of rotatable bonds is 5. The van der Waals surface area contributed by atoms with Crippen molar-refractivity contribution in [2.45, 2.75) is 12.7 Å². The largest absolute Gasteiger partial charge is 0.433 e. The van der Waals surface area contributed by atoms with E-state index < -0.39 is 17.8 Å². The number of hydrogen-bond acceptors (Lipinski definition) is 4. The normalized spacial score (nSPS) is 11.7. The number of amides is 1. The molecule has 0 saturated heterocycles. The number of alkyl halides is 3. The Bertz CT molecular complexity index is 1560. The van der Waals surface area contributed by atoms with Gasteiger partial charge in [-0.3, -0.25) is 9.48 Å². The fourth-order valence-electron chi connectivity index (χ4n) is 3.53. The summed E-state index contributed by atoms with van der Waals surface area (Å²) in [5.74, 6) is -0.504. The van der Waals surface area contributed by atoms with Gasteiger partial charge in [-0.2, -0.15) is 23.4 Å². The Morgan fingerprint density at radius 1 is 0.917 bits per heavy atom. The highest BCUT2D eigenvalue weighted by molar-refractivity contribution is 6.30. The molecule has 0 bridgehead atoms. The molecule has 2 aromatic carbocycles. The lowest BCUT2D eigenvalue weighted by Gasteiger charge is -2.11. The van der Waals surface area contributed by atoms with Gasteiger partial charge in [0.05, 0.1) is 12.2 Å². The molecule has 0 aliphatic carbocycles. The molecule has 5 rings (SSSR count). The van der Waals surface area contributed by atoms with Gasteiger partial charge in [0.1, 0.15) is 0 Å². The number of hydrogen-bond donors (Lipinski definition) is 1. The third kappa shape index (κ3) is 5.05. The summed E-state index contributed by atoms with van der Waals surface area (Å²) >= 11 is 11.8. The van der Waals surface area contributed by atoms with Crippen LogP contribution in [-0.4, -0.2) is 30.3 Å². The molecule has 3 heterocycles. The zero-order valence-electron chi connectivity index (χ0n) is 18.2. The zero-order valence-corrected chi connectivity index (χ0v) is 19.7. The van der Waals surface area contributed by atoms with E-state index in [1.54, 1.807) is 53.3 Å². The number of carbonyl (C=O) groups is 1. The summed E-state index contributed by atoms with van der Waals surface area (Å²) in [6.45, 7) is 0.438. The average Bonchev–Trinajstić information content (AvgIpc) is 3.46. The molecule has 0 atom stereocenters. The monoisotopic (exact) mass is 530 g/mol. The summed E-state index contributed by atoms with van der Waals surface area (Å²) < 4.78 is 43.6. The van der Waals surface area contributed by atoms with Gasteiger partial charge in [-0.1, -0.05) is 47.5 Å². The molecule has 0 fully saturated rings. The fraction of sp³-hybridized carbons (Fsp3) is 0.0833. The molecule has 0 saturated carbocycles. The van der Waals surface area contributed by atoms with E-state index in [1.807, 2.05) is 12.1 Å². The Labute approximate surface area is 212 Å². The molecule has 0 aliphatic rings. The second kappa shape index (κ2) is 9.29. The van der Waals surface area contributed by atoms with Crippen molar-refractivity contribution in [3.05, 3.63) is 99.9 Å². The van der Waals surface area contributed by atoms with Gasteiger partial charge in [0, 0.05) is 33.9 Å². The number of carbonyl (C=O) groups excluding carboxylic acids is 1. The van der Waals surface area contributed by atoms with E-state index in [-0.39, 0.29) is 22.9 Å². The summed E-state index contributed by atoms with van der Waals surface area (Å²) in [5, 5.41) is 11.7. The minimum absolute atomic E-state index is 0.0688. The van der Waals surface area contributed by atoms with Crippen LogP contribution in [-0.2, 0) is 12.7 Å². The summed E-state index contributed by atoms with van der Waals surface area (Å²) in [7, 11) is 0. The number of nitrogens with one attached hydrogen (secondary N) is 1. The van der Waals surface area contributed by atoms with E-state index >= 15 is 0 Å². The number of fused-ring (bicyclic) bond motifs is 1. The van der Waals surface area contributed by atoms with Crippen molar-refractivity contribution in [1.29, 1.82) is 0 Å². The summed E-state index contributed by atoms with van der Waals surface area (Å²) in [4.78, 5) is 17.0. The molecule has 3 aromatic heterocycles. The number of halogens is 5. The standard InChI is InChI=1S/C24H15Cl2F3N6O/c25-16-5-1-14(2-6-16)13-34-10-9-21(33-34)31-23(36)19-12-22-30-18(15-3-7-17(26)8-4-15)11-20(24(27,28)29)35(22)32-19/h1-12H,13H2,(H,31,33,36). The Morgan fingerprint density at radius 3 is 2.25 bits per heavy atom. The first-order valence-electron chi connectivity index (χ1n) is 10.5. The molecule has 12 heteroatoms. The van der Waals surface area contributed by atoms with Gasteiger partial charge < -0.3 is 5.32 Å². The van der Waals surface area contributed by atoms with E-state index in [4.69, 9.17) is 23.2 Å². The van der Waals surface area contributed by atoms with Crippen LogP contribution in [0.15, 0.2) is 72.9 Å². The molecule has 0 spiro atoms. The fourth-order valence-corrected chi connectivity index (χ4v) is 3.78. The van der Waals surface area contributed by atoms with Crippen molar-refractivity contribution in [2.24, 2.45) is 0 Å². The van der Waals surface area contributed by atoms with Gasteiger partial charge in [0.2, 0.25) is 0 Å². The molecular formula is C24H15Cl2F3N6O. The Morgan fingerprint density at radius 2 is 1.58 bits per heavy atom. The lowest BCUT2D eigenvalue weighted by molar-refractivity contribution is -0.142. The highest BCUT2D eigenvalue weighted by atomic mass is 35.5. The summed E-state index contributed by atoms with van der Waals surface area (Å²) in [6, 6.07) is 17.1. The van der Waals surface area contributed by atoms with Crippen LogP contribution in [0.2, 0.25) is 10.0 Å². The highest BCUT2D eigenvalue weighted by Crippen LogP contribution is 2.32. The quantitative estimate of drug-likeness (QED) is 0.292. The smallest absolute Gasteiger partial charge is 0.304 e. The molecule has 1 amide bonds. The third-order valence-corrected chi connectivity index (χ3v) is 5.73. The first-order valence-corrected chi connectivity index (χ1v) is 11.2. The van der Waals surface area contributed by atoms with Crippen LogP contribution in [0, 0.1) is 0 Å². The number of anilines is 1. The molecule has 36 heavy (non-hydrogen) atoms. The number of benzene rings is 2. The van der Waals surface area contributed by atoms with E-state index in [0.29, 0.717) is 26.7 Å². The van der Waals surface area contributed by atoms with E-state index in [2.05, 4.69) is 20.5 Å². The maximum atomic E-state index is 13.8. The van der Waals surface area contributed by atoms with E-state index in [9.17, 15) is 18.0 Å². The molecule has 5 aromatic rings. The van der Waals surface area contributed by atoms with Crippen molar-refractivity contribution in [3.63, 3.8) is 0 Å². The van der Waals surface area contributed by atoms with E-state index in [0.717, 1.165) is 11.6 Å². The minimum atomic E-state index is -4.73. The minimum Gasteiger partial charge on any atom is -0.304 e. The first-order chi connectivity index (χ1) is 17.2. The topological polar surface area (TPSA) is 77.1 Å². The van der Waals surface area contributed by atoms with Gasteiger partial charge in [-0.05, 0) is 35.9 Å². The lowest BCUT2D eigenvalue weighted by atomic mass is 10.1. The second-order valence-corrected chi connectivity index (χ2v) is 8.68. The molecule has 182 valence electrons. The molecular weight excluding hydrogens is 516 g/mol. The lowest BCUT2D eigenvalue weighted by Crippen LogP contribution is -2.16. The molecule has 7 nitrogen and oxygen atoms in total. The predicted molar refractivity (Wildman–Crippen MR) is 129 cm³/mol. The maximum Gasteiger partial charge on any atom is 0.433 e. The second-order valence-electron chi connectivity index (χ2n) is 7.81. The van der Waals surface area contributed by atoms with Crippen LogP contribution in [0.1, 0.15) is 21.7 Å². The molecule has 0 unspecified atom stereocenters. The molecule has 0 radical (unpaired) electrons. The van der Waals surface area contributed by atoms with Crippen molar-refractivity contribution in [3.8, 4) is 11.3 Å². The van der Waals surface area contributed by atoms with Crippen LogP contribution in [0.4, 0.5) is 19.0 Å². The van der Waals surface area contributed by atoms with Gasteiger partial charge in [0.25, 0.3) is 5.91 Å². The van der Waals surface area contributed by atoms with Crippen molar-refractivity contribution in [2.75, 3.05) is 5.32 Å². The Kier molecular flexibility index (Phi) is 6.15. The van der Waals surface area contributed by atoms with Crippen molar-refractivity contribution in [1.82, 2.24) is 24.4 Å². The Hall–Kier alpha value is -3.89. The third-order valence-electron chi connectivity index (χ3n) is 5.23. The van der Waals surface area contributed by atoms with Crippen LogP contribution in [0.25, 0.3) is 16.9 Å². The van der Waals surface area contributed by atoms with Gasteiger partial charge >= 0.3 is 6.18 Å². The number of nitrogens with zero attached hydrogens (tertiary/aromatic N) is 5. The summed E-state index contributed by atoms with van der Waals surface area (Å²) in [5.41, 5.74) is 0.0125. The predicted octanol–water partition coefficient (Wildman–Crippen LogP) is 6.22. The van der Waals surface area contributed by atoms with Crippen LogP contribution < -0.4 is 5.32 Å². The SMILES string of the molecule is O=C(Nc1ccn(Cc2ccc(Cl)cc2)n1)c1cc2nc(-c3ccc(Cl)cc3)cc(C(F)(F)F)n2n1. The van der Waals surface area contributed by atoms with Gasteiger partial charge in [-0.25, -0.2) is 9.50 Å². The first kappa shape index (κ1) is 23.8. The number of aromatic nitrogens is 5. The summed E-state index contributed by atoms with van der Waals surface area (Å²) in [6.07, 6.45) is -3.07. The molecule has 1 N–H and O–H groups in total. The zero-order chi connectivity index (χ0) is 25.4. The van der Waals surface area contributed by atoms with Crippen LogP contribution >= 0.6 is 23.2 Å². The Balaban J connectivity index is 1.42. The maximum absolute atomic E-state index is 13.8.